The second-order valence-electron chi connectivity index (χ2n) is 5.47. The van der Waals surface area contributed by atoms with E-state index in [4.69, 9.17) is 9.47 Å². The topological polar surface area (TPSA) is 97.5 Å². The maximum atomic E-state index is 12.1. The Hall–Kier alpha value is -2.61. The van der Waals surface area contributed by atoms with Gasteiger partial charge in [-0.15, -0.1) is 11.3 Å². The van der Waals surface area contributed by atoms with Crippen molar-refractivity contribution in [3.8, 4) is 0 Å². The van der Waals surface area contributed by atoms with Crippen LogP contribution in [0.1, 0.15) is 52.4 Å². The Balaban J connectivity index is 2.03. The third-order valence-electron chi connectivity index (χ3n) is 3.22. The fourth-order valence-corrected chi connectivity index (χ4v) is 3.04. The van der Waals surface area contributed by atoms with Gasteiger partial charge in [0.1, 0.15) is 10.7 Å². The van der Waals surface area contributed by atoms with E-state index >= 15 is 0 Å². The standard InChI is InChI=1S/C17H20N2O5S/c1-4-23-16(21)11-8-13(10(2)3)25-15(11)19-14(20)9-24-17(22)12-6-5-7-18-12/h5-8,10,18H,4,9H2,1-3H3,(H,19,20). The van der Waals surface area contributed by atoms with Crippen LogP contribution in [0.25, 0.3) is 0 Å². The number of hydrogen-bond acceptors (Lipinski definition) is 6. The lowest BCUT2D eigenvalue weighted by Crippen LogP contribution is -2.21. The summed E-state index contributed by atoms with van der Waals surface area (Å²) in [5.41, 5.74) is 0.567. The minimum absolute atomic E-state index is 0.203. The monoisotopic (exact) mass is 364 g/mol. The quantitative estimate of drug-likeness (QED) is 0.736. The predicted molar refractivity (Wildman–Crippen MR) is 94.1 cm³/mol. The van der Waals surface area contributed by atoms with Crippen LogP contribution >= 0.6 is 11.3 Å². The fraction of sp³-hybridized carbons (Fsp3) is 0.353. The second kappa shape index (κ2) is 8.48. The summed E-state index contributed by atoms with van der Waals surface area (Å²) >= 11 is 1.30. The van der Waals surface area contributed by atoms with Gasteiger partial charge in [0, 0.05) is 11.1 Å². The zero-order chi connectivity index (χ0) is 18.4. The van der Waals surface area contributed by atoms with Crippen molar-refractivity contribution in [1.29, 1.82) is 0 Å². The van der Waals surface area contributed by atoms with E-state index < -0.39 is 24.5 Å². The molecule has 2 aromatic heterocycles. The van der Waals surface area contributed by atoms with Gasteiger partial charge in [0.05, 0.1) is 12.2 Å². The summed E-state index contributed by atoms with van der Waals surface area (Å²) < 4.78 is 9.95. The maximum absolute atomic E-state index is 12.1. The molecule has 0 aliphatic carbocycles. The summed E-state index contributed by atoms with van der Waals surface area (Å²) in [7, 11) is 0. The lowest BCUT2D eigenvalue weighted by molar-refractivity contribution is -0.119. The molecule has 8 heteroatoms. The van der Waals surface area contributed by atoms with E-state index in [2.05, 4.69) is 10.3 Å². The molecule has 134 valence electrons. The van der Waals surface area contributed by atoms with Crippen LogP contribution < -0.4 is 5.32 Å². The summed E-state index contributed by atoms with van der Waals surface area (Å²) in [6.07, 6.45) is 1.58. The molecule has 2 N–H and O–H groups in total. The minimum Gasteiger partial charge on any atom is -0.462 e. The number of rotatable bonds is 7. The van der Waals surface area contributed by atoms with Crippen molar-refractivity contribution in [2.24, 2.45) is 0 Å². The number of aromatic amines is 1. The molecule has 7 nitrogen and oxygen atoms in total. The number of aromatic nitrogens is 1. The molecule has 0 unspecified atom stereocenters. The first-order chi connectivity index (χ1) is 11.9. The van der Waals surface area contributed by atoms with E-state index in [0.717, 1.165) is 4.88 Å². The number of anilines is 1. The van der Waals surface area contributed by atoms with Crippen LogP contribution in [0.5, 0.6) is 0 Å². The van der Waals surface area contributed by atoms with Crippen LogP contribution in [0.2, 0.25) is 0 Å². The number of H-pyrrole nitrogens is 1. The highest BCUT2D eigenvalue weighted by Gasteiger charge is 2.21. The summed E-state index contributed by atoms with van der Waals surface area (Å²) in [5, 5.41) is 3.01. The molecule has 0 spiro atoms. The molecule has 0 aliphatic heterocycles. The number of amides is 1. The first-order valence-corrected chi connectivity index (χ1v) is 8.65. The SMILES string of the molecule is CCOC(=O)c1cc(C(C)C)sc1NC(=O)COC(=O)c1ccc[nH]1. The zero-order valence-electron chi connectivity index (χ0n) is 14.3. The summed E-state index contributed by atoms with van der Waals surface area (Å²) in [6, 6.07) is 4.92. The maximum Gasteiger partial charge on any atom is 0.355 e. The average molecular weight is 364 g/mol. The summed E-state index contributed by atoms with van der Waals surface area (Å²) in [6.45, 7) is 5.49. The fourth-order valence-electron chi connectivity index (χ4n) is 1.98. The first-order valence-electron chi connectivity index (χ1n) is 7.83. The van der Waals surface area contributed by atoms with Gasteiger partial charge in [0.15, 0.2) is 6.61 Å². The van der Waals surface area contributed by atoms with Gasteiger partial charge in [0.25, 0.3) is 5.91 Å². The molecule has 25 heavy (non-hydrogen) atoms. The molecule has 0 atom stereocenters. The zero-order valence-corrected chi connectivity index (χ0v) is 15.1. The lowest BCUT2D eigenvalue weighted by Gasteiger charge is -2.06. The summed E-state index contributed by atoms with van der Waals surface area (Å²) in [5.74, 6) is -1.44. The Morgan fingerprint density at radius 1 is 1.24 bits per heavy atom. The third kappa shape index (κ3) is 4.93. The third-order valence-corrected chi connectivity index (χ3v) is 4.57. The molecule has 0 aliphatic rings. The van der Waals surface area contributed by atoms with Crippen molar-refractivity contribution < 1.29 is 23.9 Å². The van der Waals surface area contributed by atoms with E-state index in [0.29, 0.717) is 10.6 Å². The molecule has 1 amide bonds. The van der Waals surface area contributed by atoms with Crippen LogP contribution in [0, 0.1) is 0 Å². The van der Waals surface area contributed by atoms with Gasteiger partial charge < -0.3 is 19.8 Å². The molecule has 0 saturated carbocycles. The summed E-state index contributed by atoms with van der Waals surface area (Å²) in [4.78, 5) is 39.5. The molecule has 0 radical (unpaired) electrons. The largest absolute Gasteiger partial charge is 0.462 e. The molecule has 2 aromatic rings. The Bertz CT molecular complexity index is 749. The van der Waals surface area contributed by atoms with Gasteiger partial charge in [-0.3, -0.25) is 4.79 Å². The molecule has 2 heterocycles. The van der Waals surface area contributed by atoms with Gasteiger partial charge in [-0.1, -0.05) is 13.8 Å². The van der Waals surface area contributed by atoms with Crippen molar-refractivity contribution >= 4 is 34.2 Å². The number of nitrogens with one attached hydrogen (secondary N) is 2. The van der Waals surface area contributed by atoms with Crippen LogP contribution in [-0.2, 0) is 14.3 Å². The Morgan fingerprint density at radius 3 is 2.60 bits per heavy atom. The van der Waals surface area contributed by atoms with Crippen molar-refractivity contribution in [3.63, 3.8) is 0 Å². The number of esters is 2. The smallest absolute Gasteiger partial charge is 0.355 e. The molecular weight excluding hydrogens is 344 g/mol. The van der Waals surface area contributed by atoms with Gasteiger partial charge in [-0.2, -0.15) is 0 Å². The molecule has 0 fully saturated rings. The Labute approximate surface area is 149 Å². The van der Waals surface area contributed by atoms with Crippen molar-refractivity contribution in [2.45, 2.75) is 26.7 Å². The van der Waals surface area contributed by atoms with Gasteiger partial charge in [-0.05, 0) is 31.0 Å². The predicted octanol–water partition coefficient (Wildman–Crippen LogP) is 3.17. The highest BCUT2D eigenvalue weighted by molar-refractivity contribution is 7.16. The molecule has 0 bridgehead atoms. The van der Waals surface area contributed by atoms with Gasteiger partial charge in [0.2, 0.25) is 0 Å². The van der Waals surface area contributed by atoms with Crippen LogP contribution in [-0.4, -0.2) is 36.0 Å². The number of hydrogen-bond donors (Lipinski definition) is 2. The molecular formula is C17H20N2O5S. The van der Waals surface area contributed by atoms with E-state index in [9.17, 15) is 14.4 Å². The minimum atomic E-state index is -0.625. The number of ether oxygens (including phenoxy) is 2. The van der Waals surface area contributed by atoms with E-state index in [1.807, 2.05) is 13.8 Å². The number of carbonyl (C=O) groups is 3. The van der Waals surface area contributed by atoms with Crippen molar-refractivity contribution in [3.05, 3.63) is 40.5 Å². The average Bonchev–Trinajstić information content (AvgIpc) is 3.22. The van der Waals surface area contributed by atoms with E-state index in [1.165, 1.54) is 11.3 Å². The molecule has 2 rings (SSSR count). The lowest BCUT2D eigenvalue weighted by atomic mass is 10.1. The number of thiophene rings is 1. The Morgan fingerprint density at radius 2 is 2.00 bits per heavy atom. The molecule has 0 aromatic carbocycles. The number of carbonyl (C=O) groups excluding carboxylic acids is 3. The van der Waals surface area contributed by atoms with E-state index in [-0.39, 0.29) is 18.2 Å². The van der Waals surface area contributed by atoms with E-state index in [1.54, 1.807) is 31.3 Å². The van der Waals surface area contributed by atoms with Gasteiger partial charge >= 0.3 is 11.9 Å². The van der Waals surface area contributed by atoms with Gasteiger partial charge in [-0.25, -0.2) is 9.59 Å². The van der Waals surface area contributed by atoms with Crippen LogP contribution in [0.3, 0.4) is 0 Å². The Kier molecular flexibility index (Phi) is 6.35. The highest BCUT2D eigenvalue weighted by atomic mass is 32.1. The second-order valence-corrected chi connectivity index (χ2v) is 6.56. The van der Waals surface area contributed by atoms with Crippen LogP contribution in [0.4, 0.5) is 5.00 Å². The van der Waals surface area contributed by atoms with Crippen molar-refractivity contribution in [2.75, 3.05) is 18.5 Å². The van der Waals surface area contributed by atoms with Crippen LogP contribution in [0.15, 0.2) is 24.4 Å². The molecule has 0 saturated heterocycles. The van der Waals surface area contributed by atoms with Crippen molar-refractivity contribution in [1.82, 2.24) is 4.98 Å². The normalized spacial score (nSPS) is 10.6. The first kappa shape index (κ1) is 18.7. The highest BCUT2D eigenvalue weighted by Crippen LogP contribution is 2.33.